The maximum absolute atomic E-state index is 12.0. The molecule has 0 radical (unpaired) electrons. The van der Waals surface area contributed by atoms with Crippen molar-refractivity contribution in [3.05, 3.63) is 0 Å². The van der Waals surface area contributed by atoms with Crippen molar-refractivity contribution in [3.63, 3.8) is 0 Å². The molecule has 1 fully saturated rings. The first-order valence-electron chi connectivity index (χ1n) is 6.20. The molecule has 0 unspecified atom stereocenters. The van der Waals surface area contributed by atoms with Crippen molar-refractivity contribution in [2.75, 3.05) is 5.33 Å². The molecule has 1 amide bonds. The summed E-state index contributed by atoms with van der Waals surface area (Å²) in [5.41, 5.74) is -0.352. The van der Waals surface area contributed by atoms with E-state index in [1.54, 1.807) is 0 Å². The number of nitrogens with one attached hydrogen (secondary N) is 1. The molecule has 2 nitrogen and oxygen atoms in total. The second-order valence-electron chi connectivity index (χ2n) is 5.26. The van der Waals surface area contributed by atoms with E-state index in [1.165, 1.54) is 0 Å². The Morgan fingerprint density at radius 3 is 2.39 bits per heavy atom. The van der Waals surface area contributed by atoms with Gasteiger partial charge in [-0.25, -0.2) is 0 Å². The summed E-state index contributed by atoms with van der Waals surface area (Å²) in [7, 11) is 0. The molecule has 0 aromatic carbocycles. The predicted molar refractivity (Wildman–Crippen MR) is 67.6 cm³/mol. The van der Waals surface area contributed by atoms with Crippen LogP contribution in [0.25, 0.3) is 0 Å². The van der Waals surface area contributed by atoms with Gasteiger partial charge < -0.3 is 5.32 Å². The number of hydrogen-bond acceptors (Lipinski definition) is 1. The zero-order valence-corrected chi connectivity index (χ0v) is 12.0. The van der Waals surface area contributed by atoms with Crippen LogP contribution >= 0.6 is 15.9 Å². The van der Waals surface area contributed by atoms with Crippen LogP contribution in [0.1, 0.15) is 45.4 Å². The Hall–Kier alpha value is -0.260. The lowest BCUT2D eigenvalue weighted by molar-refractivity contribution is -0.145. The van der Waals surface area contributed by atoms with Gasteiger partial charge in [-0.3, -0.25) is 4.79 Å². The highest BCUT2D eigenvalue weighted by atomic mass is 79.9. The van der Waals surface area contributed by atoms with Crippen molar-refractivity contribution >= 4 is 21.8 Å². The molecule has 0 saturated heterocycles. The Kier molecular flexibility index (Phi) is 5.49. The summed E-state index contributed by atoms with van der Waals surface area (Å²) in [4.78, 5) is 11.6. The van der Waals surface area contributed by atoms with Crippen molar-refractivity contribution in [1.82, 2.24) is 5.32 Å². The van der Waals surface area contributed by atoms with E-state index in [9.17, 15) is 18.0 Å². The second kappa shape index (κ2) is 6.26. The van der Waals surface area contributed by atoms with Gasteiger partial charge in [-0.2, -0.15) is 13.2 Å². The third kappa shape index (κ3) is 5.16. The molecule has 0 aromatic heterocycles. The molecular formula is C12H19BrF3NO. The Bertz CT molecular complexity index is 286. The van der Waals surface area contributed by atoms with Gasteiger partial charge >= 0.3 is 6.18 Å². The van der Waals surface area contributed by atoms with Crippen LogP contribution in [-0.2, 0) is 4.79 Å². The van der Waals surface area contributed by atoms with Crippen molar-refractivity contribution in [3.8, 4) is 0 Å². The van der Waals surface area contributed by atoms with Crippen LogP contribution in [0, 0.1) is 5.92 Å². The quantitative estimate of drug-likeness (QED) is 0.781. The average Bonchev–Trinajstić information content (AvgIpc) is 2.29. The van der Waals surface area contributed by atoms with Gasteiger partial charge in [0.15, 0.2) is 0 Å². The molecule has 0 aliphatic heterocycles. The molecule has 0 spiro atoms. The molecule has 106 valence electrons. The Morgan fingerprint density at radius 1 is 1.39 bits per heavy atom. The molecular weight excluding hydrogens is 311 g/mol. The molecule has 6 heteroatoms. The number of alkyl halides is 4. The first-order chi connectivity index (χ1) is 8.26. The van der Waals surface area contributed by atoms with Gasteiger partial charge in [-0.15, -0.1) is 0 Å². The first-order valence-corrected chi connectivity index (χ1v) is 7.32. The van der Waals surface area contributed by atoms with Crippen molar-refractivity contribution in [2.45, 2.75) is 57.2 Å². The topological polar surface area (TPSA) is 29.1 Å². The number of carbonyl (C=O) groups is 1. The fourth-order valence-electron chi connectivity index (χ4n) is 2.22. The minimum atomic E-state index is -4.26. The highest BCUT2D eigenvalue weighted by molar-refractivity contribution is 9.09. The van der Waals surface area contributed by atoms with Crippen molar-refractivity contribution in [2.24, 2.45) is 5.92 Å². The standard InChI is InChI=1S/C12H19BrF3NO/c1-9-2-5-11(8-13,6-3-9)17-10(18)4-7-12(14,15)16/h9H,2-8H2,1H3,(H,17,18). The normalized spacial score (nSPS) is 29.1. The molecule has 1 saturated carbocycles. The van der Waals surface area contributed by atoms with Gasteiger partial charge in [0.25, 0.3) is 0 Å². The van der Waals surface area contributed by atoms with E-state index in [0.29, 0.717) is 11.2 Å². The highest BCUT2D eigenvalue weighted by Gasteiger charge is 2.35. The third-order valence-electron chi connectivity index (χ3n) is 3.53. The Morgan fingerprint density at radius 2 is 1.94 bits per heavy atom. The number of amides is 1. The van der Waals surface area contributed by atoms with E-state index in [2.05, 4.69) is 28.2 Å². The number of halogens is 4. The van der Waals surface area contributed by atoms with E-state index < -0.39 is 24.9 Å². The van der Waals surface area contributed by atoms with E-state index in [4.69, 9.17) is 0 Å². The predicted octanol–water partition coefficient (Wildman–Crippen LogP) is 3.79. The molecule has 0 bridgehead atoms. The number of hydrogen-bond donors (Lipinski definition) is 1. The average molecular weight is 330 g/mol. The lowest BCUT2D eigenvalue weighted by atomic mass is 9.78. The van der Waals surface area contributed by atoms with Crippen molar-refractivity contribution < 1.29 is 18.0 Å². The molecule has 0 heterocycles. The fraction of sp³-hybridized carbons (Fsp3) is 0.917. The first kappa shape index (κ1) is 15.8. The summed E-state index contributed by atoms with van der Waals surface area (Å²) in [5, 5.41) is 3.39. The molecule has 0 atom stereocenters. The van der Waals surface area contributed by atoms with Crippen LogP contribution in [0.2, 0.25) is 0 Å². The maximum Gasteiger partial charge on any atom is 0.389 e. The van der Waals surface area contributed by atoms with E-state index >= 15 is 0 Å². The van der Waals surface area contributed by atoms with Gasteiger partial charge in [0.1, 0.15) is 0 Å². The van der Waals surface area contributed by atoms with Gasteiger partial charge in [0, 0.05) is 17.3 Å². The summed E-state index contributed by atoms with van der Waals surface area (Å²) in [6.45, 7) is 2.16. The Labute approximate surface area is 114 Å². The van der Waals surface area contributed by atoms with Crippen LogP contribution in [0.5, 0.6) is 0 Å². The Balaban J connectivity index is 2.45. The summed E-state index contributed by atoms with van der Waals surface area (Å²) in [6.07, 6.45) is -2.12. The molecule has 0 aromatic rings. The number of carbonyl (C=O) groups excluding carboxylic acids is 1. The van der Waals surface area contributed by atoms with Crippen LogP contribution in [0.3, 0.4) is 0 Å². The van der Waals surface area contributed by atoms with E-state index in [0.717, 1.165) is 25.7 Å². The summed E-state index contributed by atoms with van der Waals surface area (Å²) in [5.74, 6) is 0.130. The molecule has 18 heavy (non-hydrogen) atoms. The van der Waals surface area contributed by atoms with Gasteiger partial charge in [-0.05, 0) is 31.6 Å². The lowest BCUT2D eigenvalue weighted by Gasteiger charge is -2.39. The zero-order valence-electron chi connectivity index (χ0n) is 10.4. The number of rotatable bonds is 4. The summed E-state index contributed by atoms with van der Waals surface area (Å²) >= 11 is 3.37. The lowest BCUT2D eigenvalue weighted by Crippen LogP contribution is -2.52. The molecule has 1 aliphatic rings. The van der Waals surface area contributed by atoms with E-state index in [1.807, 2.05) is 0 Å². The second-order valence-corrected chi connectivity index (χ2v) is 5.82. The largest absolute Gasteiger partial charge is 0.389 e. The minimum absolute atomic E-state index is 0.352. The van der Waals surface area contributed by atoms with Crippen LogP contribution < -0.4 is 5.32 Å². The van der Waals surface area contributed by atoms with Gasteiger partial charge in [0.05, 0.1) is 6.42 Å². The van der Waals surface area contributed by atoms with Crippen LogP contribution in [0.15, 0.2) is 0 Å². The highest BCUT2D eigenvalue weighted by Crippen LogP contribution is 2.33. The SMILES string of the molecule is CC1CCC(CBr)(NC(=O)CCC(F)(F)F)CC1. The van der Waals surface area contributed by atoms with Gasteiger partial charge in [0.2, 0.25) is 5.91 Å². The molecule has 1 N–H and O–H groups in total. The molecule has 1 rings (SSSR count). The molecule has 1 aliphatic carbocycles. The summed E-state index contributed by atoms with van der Waals surface area (Å²) < 4.78 is 36.1. The van der Waals surface area contributed by atoms with Gasteiger partial charge in [-0.1, -0.05) is 22.9 Å². The minimum Gasteiger partial charge on any atom is -0.350 e. The van der Waals surface area contributed by atoms with Crippen molar-refractivity contribution in [1.29, 1.82) is 0 Å². The maximum atomic E-state index is 12.0. The summed E-state index contributed by atoms with van der Waals surface area (Å²) in [6, 6.07) is 0. The fourth-order valence-corrected chi connectivity index (χ4v) is 2.92. The van der Waals surface area contributed by atoms with E-state index in [-0.39, 0.29) is 5.54 Å². The smallest absolute Gasteiger partial charge is 0.350 e. The van der Waals surface area contributed by atoms with Crippen LogP contribution in [-0.4, -0.2) is 23.0 Å². The monoisotopic (exact) mass is 329 g/mol. The zero-order chi connectivity index (χ0) is 13.8. The van der Waals surface area contributed by atoms with Crippen LogP contribution in [0.4, 0.5) is 13.2 Å². The third-order valence-corrected chi connectivity index (χ3v) is 4.60.